The lowest BCUT2D eigenvalue weighted by Gasteiger charge is -2.15. The minimum atomic E-state index is 0.128. The van der Waals surface area contributed by atoms with Crippen molar-refractivity contribution in [3.8, 4) is 0 Å². The Bertz CT molecular complexity index is 744. The maximum absolute atomic E-state index is 6.30. The minimum absolute atomic E-state index is 0.128. The Morgan fingerprint density at radius 2 is 2.11 bits per heavy atom. The van der Waals surface area contributed by atoms with E-state index in [0.717, 1.165) is 11.0 Å². The monoisotopic (exact) mass is 291 g/mol. The van der Waals surface area contributed by atoms with E-state index in [0.29, 0.717) is 11.0 Å². The van der Waals surface area contributed by atoms with Crippen LogP contribution in [0.15, 0.2) is 30.3 Å². The van der Waals surface area contributed by atoms with E-state index in [2.05, 4.69) is 31.0 Å². The van der Waals surface area contributed by atoms with Gasteiger partial charge in [0, 0.05) is 9.75 Å². The number of halogens is 1. The molecular weight excluding hydrogens is 278 g/mol. The molecule has 0 saturated heterocycles. The highest BCUT2D eigenvalue weighted by Crippen LogP contribution is 2.33. The number of thiophene rings is 1. The van der Waals surface area contributed by atoms with Gasteiger partial charge in [-0.25, -0.2) is 4.98 Å². The number of anilines is 1. The number of imidazole rings is 1. The second kappa shape index (κ2) is 4.54. The number of nitrogen functional groups attached to an aromatic ring is 1. The number of hydrogen-bond acceptors (Lipinski definition) is 3. The highest BCUT2D eigenvalue weighted by Gasteiger charge is 2.18. The molecule has 0 spiro atoms. The van der Waals surface area contributed by atoms with E-state index in [1.807, 2.05) is 22.8 Å². The molecule has 3 rings (SSSR count). The van der Waals surface area contributed by atoms with Gasteiger partial charge >= 0.3 is 0 Å². The van der Waals surface area contributed by atoms with Crippen LogP contribution in [0, 0.1) is 6.92 Å². The number of rotatable bonds is 2. The van der Waals surface area contributed by atoms with Crippen LogP contribution in [0.4, 0.5) is 5.95 Å². The molecule has 0 amide bonds. The van der Waals surface area contributed by atoms with Crippen LogP contribution in [0.25, 0.3) is 11.0 Å². The van der Waals surface area contributed by atoms with Gasteiger partial charge in [-0.05, 0) is 38.1 Å². The van der Waals surface area contributed by atoms with E-state index in [-0.39, 0.29) is 6.04 Å². The number of nitrogens with zero attached hydrogens (tertiary/aromatic N) is 2. The first-order chi connectivity index (χ1) is 9.08. The van der Waals surface area contributed by atoms with E-state index >= 15 is 0 Å². The summed E-state index contributed by atoms with van der Waals surface area (Å²) in [6, 6.07) is 10.1. The van der Waals surface area contributed by atoms with E-state index in [4.69, 9.17) is 17.3 Å². The fraction of sp³-hybridized carbons (Fsp3) is 0.214. The average molecular weight is 292 g/mol. The van der Waals surface area contributed by atoms with Crippen molar-refractivity contribution in [3.05, 3.63) is 45.1 Å². The van der Waals surface area contributed by atoms with Gasteiger partial charge in [-0.2, -0.15) is 0 Å². The third-order valence-corrected chi connectivity index (χ3v) is 4.72. The minimum Gasteiger partial charge on any atom is -0.369 e. The predicted molar refractivity (Wildman–Crippen MR) is 82.0 cm³/mol. The molecular formula is C14H14ClN3S. The molecule has 0 bridgehead atoms. The number of nitrogens with two attached hydrogens (primary N) is 1. The smallest absolute Gasteiger partial charge is 0.201 e. The van der Waals surface area contributed by atoms with Crippen LogP contribution < -0.4 is 5.73 Å². The number of benzene rings is 1. The zero-order chi connectivity index (χ0) is 13.6. The summed E-state index contributed by atoms with van der Waals surface area (Å²) < 4.78 is 2.00. The van der Waals surface area contributed by atoms with Crippen LogP contribution in [0.5, 0.6) is 0 Å². The Morgan fingerprint density at radius 1 is 1.32 bits per heavy atom. The van der Waals surface area contributed by atoms with Crippen LogP contribution >= 0.6 is 22.9 Å². The van der Waals surface area contributed by atoms with E-state index in [1.54, 1.807) is 11.3 Å². The zero-order valence-electron chi connectivity index (χ0n) is 10.7. The molecule has 3 nitrogen and oxygen atoms in total. The Hall–Kier alpha value is -1.52. The lowest BCUT2D eigenvalue weighted by atomic mass is 10.2. The summed E-state index contributed by atoms with van der Waals surface area (Å²) in [5.41, 5.74) is 7.81. The topological polar surface area (TPSA) is 43.8 Å². The molecule has 0 aliphatic rings. The summed E-state index contributed by atoms with van der Waals surface area (Å²) in [7, 11) is 0. The molecule has 1 atom stereocenters. The molecule has 0 radical (unpaired) electrons. The second-order valence-electron chi connectivity index (χ2n) is 4.57. The van der Waals surface area contributed by atoms with Gasteiger partial charge < -0.3 is 10.3 Å². The lowest BCUT2D eigenvalue weighted by Crippen LogP contribution is -2.09. The van der Waals surface area contributed by atoms with Crippen LogP contribution in [0.1, 0.15) is 22.7 Å². The van der Waals surface area contributed by atoms with E-state index in [1.165, 1.54) is 9.75 Å². The van der Waals surface area contributed by atoms with Gasteiger partial charge in [0.1, 0.15) is 0 Å². The molecule has 0 aliphatic heterocycles. The first-order valence-corrected chi connectivity index (χ1v) is 7.25. The molecule has 2 heterocycles. The number of hydrogen-bond donors (Lipinski definition) is 1. The van der Waals surface area contributed by atoms with Crippen LogP contribution in [-0.2, 0) is 0 Å². The SMILES string of the molecule is Cc1ccc(C(C)n2c(N)nc3cccc(Cl)c32)s1. The zero-order valence-corrected chi connectivity index (χ0v) is 12.3. The molecule has 2 aromatic heterocycles. The fourth-order valence-corrected chi connectivity index (χ4v) is 3.50. The van der Waals surface area contributed by atoms with Gasteiger partial charge in [0.15, 0.2) is 0 Å². The molecule has 5 heteroatoms. The highest BCUT2D eigenvalue weighted by atomic mass is 35.5. The first-order valence-electron chi connectivity index (χ1n) is 6.06. The normalized spacial score (nSPS) is 13.0. The van der Waals surface area contributed by atoms with Gasteiger partial charge in [0.25, 0.3) is 0 Å². The molecule has 98 valence electrons. The van der Waals surface area contributed by atoms with Gasteiger partial charge in [0.2, 0.25) is 5.95 Å². The molecule has 1 aromatic carbocycles. The number of aryl methyl sites for hydroxylation is 1. The van der Waals surface area contributed by atoms with Crippen molar-refractivity contribution in [1.29, 1.82) is 0 Å². The van der Waals surface area contributed by atoms with Crippen molar-refractivity contribution < 1.29 is 0 Å². The summed E-state index contributed by atoms with van der Waals surface area (Å²) in [5, 5.41) is 0.682. The Morgan fingerprint density at radius 3 is 2.79 bits per heavy atom. The van der Waals surface area contributed by atoms with Gasteiger partial charge in [0.05, 0.1) is 22.1 Å². The van der Waals surface area contributed by atoms with Crippen molar-refractivity contribution in [2.45, 2.75) is 19.9 Å². The summed E-state index contributed by atoms with van der Waals surface area (Å²) in [6.07, 6.45) is 0. The maximum atomic E-state index is 6.30. The maximum Gasteiger partial charge on any atom is 0.201 e. The Labute approximate surface area is 120 Å². The second-order valence-corrected chi connectivity index (χ2v) is 6.30. The van der Waals surface area contributed by atoms with Crippen molar-refractivity contribution >= 4 is 39.9 Å². The summed E-state index contributed by atoms with van der Waals surface area (Å²) in [4.78, 5) is 6.93. The molecule has 0 saturated carbocycles. The molecule has 1 unspecified atom stereocenters. The first kappa shape index (κ1) is 12.5. The Kier molecular flexibility index (Phi) is 2.99. The van der Waals surface area contributed by atoms with Gasteiger partial charge in [-0.1, -0.05) is 17.7 Å². The molecule has 2 N–H and O–H groups in total. The number of fused-ring (bicyclic) bond motifs is 1. The third kappa shape index (κ3) is 2.01. The van der Waals surface area contributed by atoms with Crippen LogP contribution in [0.3, 0.4) is 0 Å². The van der Waals surface area contributed by atoms with Crippen molar-refractivity contribution in [2.24, 2.45) is 0 Å². The standard InChI is InChI=1S/C14H14ClN3S/c1-8-6-7-12(19-8)9(2)18-13-10(15)4-3-5-11(13)17-14(18)16/h3-7,9H,1-2H3,(H2,16,17). The van der Waals surface area contributed by atoms with Crippen LogP contribution in [0.2, 0.25) is 5.02 Å². The summed E-state index contributed by atoms with van der Waals surface area (Å²) in [5.74, 6) is 0.502. The predicted octanol–water partition coefficient (Wildman–Crippen LogP) is 4.25. The Balaban J connectivity index is 2.22. The largest absolute Gasteiger partial charge is 0.369 e. The average Bonchev–Trinajstić information content (AvgIpc) is 2.92. The van der Waals surface area contributed by atoms with Crippen molar-refractivity contribution in [3.63, 3.8) is 0 Å². The quantitative estimate of drug-likeness (QED) is 0.767. The third-order valence-electron chi connectivity index (χ3n) is 3.25. The lowest BCUT2D eigenvalue weighted by molar-refractivity contribution is 0.680. The highest BCUT2D eigenvalue weighted by molar-refractivity contribution is 7.12. The van der Waals surface area contributed by atoms with Gasteiger partial charge in [-0.3, -0.25) is 0 Å². The molecule has 19 heavy (non-hydrogen) atoms. The van der Waals surface area contributed by atoms with Crippen molar-refractivity contribution in [1.82, 2.24) is 9.55 Å². The van der Waals surface area contributed by atoms with E-state index < -0.39 is 0 Å². The molecule has 0 fully saturated rings. The number of aromatic nitrogens is 2. The fourth-order valence-electron chi connectivity index (χ4n) is 2.32. The van der Waals surface area contributed by atoms with E-state index in [9.17, 15) is 0 Å². The molecule has 0 aliphatic carbocycles. The molecule has 3 aromatic rings. The number of para-hydroxylation sites is 1. The summed E-state index contributed by atoms with van der Waals surface area (Å²) >= 11 is 8.07. The van der Waals surface area contributed by atoms with Crippen molar-refractivity contribution in [2.75, 3.05) is 5.73 Å². The van der Waals surface area contributed by atoms with Gasteiger partial charge in [-0.15, -0.1) is 11.3 Å². The van der Waals surface area contributed by atoms with Crippen LogP contribution in [-0.4, -0.2) is 9.55 Å². The summed E-state index contributed by atoms with van der Waals surface area (Å²) in [6.45, 7) is 4.22.